The summed E-state index contributed by atoms with van der Waals surface area (Å²) in [6.45, 7) is 11.8. The lowest BCUT2D eigenvalue weighted by molar-refractivity contribution is 0.0276. The van der Waals surface area contributed by atoms with E-state index in [1.54, 1.807) is 4.90 Å². The molecule has 0 aromatic rings. The Labute approximate surface area is 130 Å². The van der Waals surface area contributed by atoms with Crippen LogP contribution >= 0.6 is 0 Å². The summed E-state index contributed by atoms with van der Waals surface area (Å²) in [6, 6.07) is 0.574. The van der Waals surface area contributed by atoms with Gasteiger partial charge >= 0.3 is 6.09 Å². The van der Waals surface area contributed by atoms with Gasteiger partial charge < -0.3 is 15.0 Å². The Hall–Kier alpha value is -0.770. The third kappa shape index (κ3) is 7.70. The Bertz CT molecular complexity index is 321. The lowest BCUT2D eigenvalue weighted by atomic mass is 9.81. The number of carbonyl (C=O) groups is 1. The maximum atomic E-state index is 11.9. The molecule has 0 spiro atoms. The molecule has 0 heterocycles. The van der Waals surface area contributed by atoms with Gasteiger partial charge in [0, 0.05) is 19.6 Å². The molecule has 4 heteroatoms. The van der Waals surface area contributed by atoms with E-state index in [0.717, 1.165) is 19.0 Å². The number of rotatable bonds is 7. The van der Waals surface area contributed by atoms with E-state index >= 15 is 0 Å². The molecule has 2 unspecified atom stereocenters. The second kappa shape index (κ2) is 8.02. The second-order valence-electron chi connectivity index (χ2n) is 7.81. The summed E-state index contributed by atoms with van der Waals surface area (Å²) < 4.78 is 5.37. The van der Waals surface area contributed by atoms with Crippen molar-refractivity contribution in [3.8, 4) is 0 Å². The van der Waals surface area contributed by atoms with Crippen LogP contribution < -0.4 is 5.32 Å². The van der Waals surface area contributed by atoms with Gasteiger partial charge in [0.05, 0.1) is 0 Å². The number of carbonyl (C=O) groups excluding carboxylic acids is 1. The van der Waals surface area contributed by atoms with Crippen molar-refractivity contribution < 1.29 is 9.53 Å². The van der Waals surface area contributed by atoms with Gasteiger partial charge in [-0.05, 0) is 52.5 Å². The van der Waals surface area contributed by atoms with Crippen LogP contribution in [0.2, 0.25) is 0 Å². The van der Waals surface area contributed by atoms with E-state index < -0.39 is 5.60 Å². The molecule has 124 valence electrons. The van der Waals surface area contributed by atoms with Crippen LogP contribution in [0, 0.1) is 11.8 Å². The first-order valence-corrected chi connectivity index (χ1v) is 8.35. The van der Waals surface area contributed by atoms with E-state index in [-0.39, 0.29) is 6.09 Å². The number of hydrogen-bond acceptors (Lipinski definition) is 3. The highest BCUT2D eigenvalue weighted by molar-refractivity contribution is 5.67. The zero-order valence-corrected chi connectivity index (χ0v) is 14.7. The molecule has 0 aliphatic heterocycles. The highest BCUT2D eigenvalue weighted by atomic mass is 16.6. The van der Waals surface area contributed by atoms with Gasteiger partial charge in [0.25, 0.3) is 0 Å². The average molecular weight is 298 g/mol. The molecule has 4 nitrogen and oxygen atoms in total. The first kappa shape index (κ1) is 18.3. The van der Waals surface area contributed by atoms with Crippen LogP contribution in [0.1, 0.15) is 60.3 Å². The van der Waals surface area contributed by atoms with Gasteiger partial charge in [-0.25, -0.2) is 4.79 Å². The molecular weight excluding hydrogens is 264 g/mol. The fourth-order valence-corrected chi connectivity index (χ4v) is 2.66. The van der Waals surface area contributed by atoms with Crippen molar-refractivity contribution in [3.63, 3.8) is 0 Å². The van der Waals surface area contributed by atoms with Gasteiger partial charge in [-0.15, -0.1) is 0 Å². The van der Waals surface area contributed by atoms with Crippen LogP contribution in [-0.2, 0) is 4.74 Å². The van der Waals surface area contributed by atoms with E-state index in [9.17, 15) is 4.79 Å². The molecule has 2 atom stereocenters. The van der Waals surface area contributed by atoms with E-state index in [1.165, 1.54) is 25.7 Å². The molecule has 1 rings (SSSR count). The second-order valence-corrected chi connectivity index (χ2v) is 7.81. The van der Waals surface area contributed by atoms with Crippen molar-refractivity contribution in [1.29, 1.82) is 0 Å². The Morgan fingerprint density at radius 1 is 1.33 bits per heavy atom. The number of nitrogens with zero attached hydrogens (tertiary/aromatic N) is 1. The number of nitrogens with one attached hydrogen (secondary N) is 1. The van der Waals surface area contributed by atoms with Crippen molar-refractivity contribution in [1.82, 2.24) is 10.2 Å². The molecule has 0 radical (unpaired) electrons. The Morgan fingerprint density at radius 3 is 2.43 bits per heavy atom. The maximum absolute atomic E-state index is 11.9. The first-order chi connectivity index (χ1) is 9.67. The maximum Gasteiger partial charge on any atom is 0.410 e. The topological polar surface area (TPSA) is 41.6 Å². The van der Waals surface area contributed by atoms with E-state index in [4.69, 9.17) is 4.74 Å². The molecule has 1 amide bonds. The third-order valence-electron chi connectivity index (χ3n) is 4.02. The molecule has 0 saturated heterocycles. The summed E-state index contributed by atoms with van der Waals surface area (Å²) in [7, 11) is 1.81. The smallest absolute Gasteiger partial charge is 0.410 e. The third-order valence-corrected chi connectivity index (χ3v) is 4.02. The van der Waals surface area contributed by atoms with E-state index in [1.807, 2.05) is 27.8 Å². The van der Waals surface area contributed by atoms with Crippen molar-refractivity contribution in [3.05, 3.63) is 0 Å². The Kier molecular flexibility index (Phi) is 6.98. The summed E-state index contributed by atoms with van der Waals surface area (Å²) in [4.78, 5) is 13.6. The normalized spacial score (nSPS) is 18.8. The van der Waals surface area contributed by atoms with Crippen LogP contribution in [0.5, 0.6) is 0 Å². The fraction of sp³-hybridized carbons (Fsp3) is 0.941. The van der Waals surface area contributed by atoms with Gasteiger partial charge in [0.15, 0.2) is 0 Å². The predicted octanol–water partition coefficient (Wildman–Crippen LogP) is 3.66. The number of hydrogen-bond donors (Lipinski definition) is 1. The SMILES string of the molecule is CC(CNC(C)CC1CCC1)CN(C)C(=O)OC(C)(C)C. The zero-order chi connectivity index (χ0) is 16.0. The average Bonchev–Trinajstić information content (AvgIpc) is 2.29. The number of ether oxygens (including phenoxy) is 1. The van der Waals surface area contributed by atoms with E-state index in [0.29, 0.717) is 12.0 Å². The summed E-state index contributed by atoms with van der Waals surface area (Å²) in [5, 5.41) is 3.60. The molecule has 1 aliphatic carbocycles. The first-order valence-electron chi connectivity index (χ1n) is 8.35. The molecular formula is C17H34N2O2. The molecule has 0 aromatic carbocycles. The highest BCUT2D eigenvalue weighted by Gasteiger charge is 2.22. The molecule has 1 fully saturated rings. The standard InChI is InChI=1S/C17H34N2O2/c1-13(11-18-14(2)10-15-8-7-9-15)12-19(6)16(20)21-17(3,4)5/h13-15,18H,7-12H2,1-6H3. The minimum absolute atomic E-state index is 0.239. The molecule has 21 heavy (non-hydrogen) atoms. The summed E-state index contributed by atoms with van der Waals surface area (Å²) in [5.74, 6) is 1.36. The fourth-order valence-electron chi connectivity index (χ4n) is 2.66. The van der Waals surface area contributed by atoms with Crippen molar-refractivity contribution in [2.24, 2.45) is 11.8 Å². The Morgan fingerprint density at radius 2 is 1.95 bits per heavy atom. The van der Waals surface area contributed by atoms with Gasteiger partial charge in [0.2, 0.25) is 0 Å². The van der Waals surface area contributed by atoms with Crippen molar-refractivity contribution in [2.75, 3.05) is 20.1 Å². The van der Waals surface area contributed by atoms with Crippen molar-refractivity contribution in [2.45, 2.75) is 71.9 Å². The molecule has 0 aromatic heterocycles. The quantitative estimate of drug-likeness (QED) is 0.780. The lowest BCUT2D eigenvalue weighted by Gasteiger charge is -2.30. The Balaban J connectivity index is 2.19. The van der Waals surface area contributed by atoms with Gasteiger partial charge in [-0.1, -0.05) is 26.2 Å². The molecule has 1 aliphatic rings. The summed E-state index contributed by atoms with van der Waals surface area (Å²) in [5.41, 5.74) is -0.426. The minimum Gasteiger partial charge on any atom is -0.444 e. The number of amides is 1. The van der Waals surface area contributed by atoms with Crippen LogP contribution in [-0.4, -0.2) is 42.8 Å². The van der Waals surface area contributed by atoms with Crippen LogP contribution in [0.4, 0.5) is 4.79 Å². The zero-order valence-electron chi connectivity index (χ0n) is 14.7. The molecule has 1 saturated carbocycles. The molecule has 0 bridgehead atoms. The van der Waals surface area contributed by atoms with Gasteiger partial charge in [-0.2, -0.15) is 0 Å². The summed E-state index contributed by atoms with van der Waals surface area (Å²) in [6.07, 6.45) is 5.27. The van der Waals surface area contributed by atoms with Crippen LogP contribution in [0.15, 0.2) is 0 Å². The van der Waals surface area contributed by atoms with Crippen LogP contribution in [0.3, 0.4) is 0 Å². The summed E-state index contributed by atoms with van der Waals surface area (Å²) >= 11 is 0. The van der Waals surface area contributed by atoms with E-state index in [2.05, 4.69) is 19.2 Å². The molecule has 1 N–H and O–H groups in total. The minimum atomic E-state index is -0.426. The van der Waals surface area contributed by atoms with Crippen molar-refractivity contribution >= 4 is 6.09 Å². The monoisotopic (exact) mass is 298 g/mol. The van der Waals surface area contributed by atoms with Gasteiger partial charge in [0.1, 0.15) is 5.60 Å². The predicted molar refractivity (Wildman–Crippen MR) is 87.5 cm³/mol. The largest absolute Gasteiger partial charge is 0.444 e. The lowest BCUT2D eigenvalue weighted by Crippen LogP contribution is -2.40. The van der Waals surface area contributed by atoms with Gasteiger partial charge in [-0.3, -0.25) is 0 Å². The van der Waals surface area contributed by atoms with Crippen LogP contribution in [0.25, 0.3) is 0 Å². The highest BCUT2D eigenvalue weighted by Crippen LogP contribution is 2.30.